The smallest absolute Gasteiger partial charge is 0.226 e. The van der Waals surface area contributed by atoms with Gasteiger partial charge in [0.2, 0.25) is 5.91 Å². The molecule has 3 nitrogen and oxygen atoms in total. The minimum Gasteiger partial charge on any atom is -0.301 e. The fraction of sp³-hybridized carbons (Fsp3) is 0.571. The predicted molar refractivity (Wildman–Crippen MR) is 56.2 cm³/mol. The quantitative estimate of drug-likeness (QED) is 0.595. The van der Waals surface area contributed by atoms with E-state index in [0.717, 1.165) is 25.2 Å². The molecule has 5 heteroatoms. The van der Waals surface area contributed by atoms with Crippen LogP contribution in [0.4, 0.5) is 0 Å². The number of hydrogen-bond acceptors (Lipinski definition) is 2. The van der Waals surface area contributed by atoms with Gasteiger partial charge in [-0.2, -0.15) is 0 Å². The normalized spacial score (nSPS) is 18.8. The van der Waals surface area contributed by atoms with Crippen LogP contribution in [-0.2, 0) is 4.79 Å². The van der Waals surface area contributed by atoms with E-state index < -0.39 is 0 Å². The molecule has 2 atom stereocenters. The fourth-order valence-corrected chi connectivity index (χ4v) is 1.56. The Bertz CT molecular complexity index is 217. The highest BCUT2D eigenvalue weighted by atomic mass is 31.0. The van der Waals surface area contributed by atoms with Crippen LogP contribution in [0.5, 0.6) is 0 Å². The summed E-state index contributed by atoms with van der Waals surface area (Å²) in [5.41, 5.74) is 1.10. The standard InChI is InChI=1S/C7H14N2OP2/c1-6(10)9(12)7-2-4-8(11)5-3-7/h2H,3-5,11-12H2,1H3. The maximum Gasteiger partial charge on any atom is 0.226 e. The van der Waals surface area contributed by atoms with E-state index in [0.29, 0.717) is 0 Å². The minimum atomic E-state index is 0.0726. The van der Waals surface area contributed by atoms with Crippen LogP contribution in [-0.4, -0.2) is 28.3 Å². The van der Waals surface area contributed by atoms with E-state index in [1.807, 2.05) is 0 Å². The van der Waals surface area contributed by atoms with Crippen LogP contribution in [0.3, 0.4) is 0 Å². The van der Waals surface area contributed by atoms with Crippen molar-refractivity contribution in [1.29, 1.82) is 0 Å². The second-order valence-electron chi connectivity index (χ2n) is 2.83. The van der Waals surface area contributed by atoms with Crippen molar-refractivity contribution in [1.82, 2.24) is 9.34 Å². The van der Waals surface area contributed by atoms with Crippen LogP contribution < -0.4 is 0 Å². The molecule has 1 heterocycles. The summed E-state index contributed by atoms with van der Waals surface area (Å²) in [6.07, 6.45) is 3.01. The van der Waals surface area contributed by atoms with E-state index in [4.69, 9.17) is 0 Å². The largest absolute Gasteiger partial charge is 0.301 e. The van der Waals surface area contributed by atoms with Gasteiger partial charge in [-0.1, -0.05) is 15.5 Å². The summed E-state index contributed by atoms with van der Waals surface area (Å²) in [6, 6.07) is 0. The van der Waals surface area contributed by atoms with Crippen molar-refractivity contribution in [2.24, 2.45) is 0 Å². The first-order valence-electron chi connectivity index (χ1n) is 3.85. The van der Waals surface area contributed by atoms with E-state index in [9.17, 15) is 4.79 Å². The van der Waals surface area contributed by atoms with Crippen LogP contribution in [0.25, 0.3) is 0 Å². The summed E-state index contributed by atoms with van der Waals surface area (Å²) in [7, 11) is 5.10. The maximum atomic E-state index is 11.0. The lowest BCUT2D eigenvalue weighted by atomic mass is 10.2. The second-order valence-corrected chi connectivity index (χ2v) is 4.08. The van der Waals surface area contributed by atoms with Crippen molar-refractivity contribution in [2.45, 2.75) is 13.3 Å². The van der Waals surface area contributed by atoms with Crippen LogP contribution in [0.15, 0.2) is 11.8 Å². The Morgan fingerprint density at radius 2 is 2.42 bits per heavy atom. The molecule has 0 aromatic carbocycles. The molecule has 0 spiro atoms. The van der Waals surface area contributed by atoms with Gasteiger partial charge >= 0.3 is 0 Å². The Morgan fingerprint density at radius 1 is 1.75 bits per heavy atom. The van der Waals surface area contributed by atoms with Crippen LogP contribution in [0, 0.1) is 0 Å². The van der Waals surface area contributed by atoms with Gasteiger partial charge in [-0.15, -0.1) is 0 Å². The van der Waals surface area contributed by atoms with Gasteiger partial charge in [0.05, 0.1) is 0 Å². The molecular weight excluding hydrogens is 190 g/mol. The monoisotopic (exact) mass is 204 g/mol. The number of carbonyl (C=O) groups excluding carboxylic acids is 1. The summed E-state index contributed by atoms with van der Waals surface area (Å²) in [6.45, 7) is 3.47. The molecule has 0 radical (unpaired) electrons. The first kappa shape index (κ1) is 10.1. The molecule has 1 amide bonds. The molecule has 0 aliphatic carbocycles. The number of amides is 1. The van der Waals surface area contributed by atoms with E-state index >= 15 is 0 Å². The molecule has 0 fully saturated rings. The molecule has 2 unspecified atom stereocenters. The van der Waals surface area contributed by atoms with E-state index in [1.54, 1.807) is 11.6 Å². The Labute approximate surface area is 77.7 Å². The van der Waals surface area contributed by atoms with Gasteiger partial charge in [0.25, 0.3) is 0 Å². The Morgan fingerprint density at radius 3 is 2.83 bits per heavy atom. The Kier molecular flexibility index (Phi) is 3.64. The maximum absolute atomic E-state index is 11.0. The zero-order valence-electron chi connectivity index (χ0n) is 7.16. The average molecular weight is 204 g/mol. The van der Waals surface area contributed by atoms with Gasteiger partial charge in [-0.25, -0.2) is 0 Å². The van der Waals surface area contributed by atoms with Crippen molar-refractivity contribution in [3.8, 4) is 0 Å². The van der Waals surface area contributed by atoms with Crippen molar-refractivity contribution in [3.05, 3.63) is 11.8 Å². The molecule has 0 aromatic rings. The topological polar surface area (TPSA) is 23.6 Å². The highest BCUT2D eigenvalue weighted by Gasteiger charge is 2.13. The van der Waals surface area contributed by atoms with E-state index in [1.165, 1.54) is 0 Å². The van der Waals surface area contributed by atoms with Gasteiger partial charge in [0.15, 0.2) is 0 Å². The lowest BCUT2D eigenvalue weighted by Gasteiger charge is -2.26. The summed E-state index contributed by atoms with van der Waals surface area (Å²) in [5, 5.41) is 0. The van der Waals surface area contributed by atoms with Crippen molar-refractivity contribution >= 4 is 24.7 Å². The molecule has 1 rings (SSSR count). The van der Waals surface area contributed by atoms with Gasteiger partial charge in [-0.05, 0) is 9.39 Å². The van der Waals surface area contributed by atoms with Crippen LogP contribution in [0.1, 0.15) is 13.3 Å². The SMILES string of the molecule is CC(=O)N(P)C1=CCN(P)CC1. The van der Waals surface area contributed by atoms with Crippen molar-refractivity contribution in [3.63, 3.8) is 0 Å². The minimum absolute atomic E-state index is 0.0726. The van der Waals surface area contributed by atoms with Crippen molar-refractivity contribution in [2.75, 3.05) is 13.1 Å². The van der Waals surface area contributed by atoms with Crippen LogP contribution in [0.2, 0.25) is 0 Å². The van der Waals surface area contributed by atoms with E-state index in [2.05, 4.69) is 29.5 Å². The fourth-order valence-electron chi connectivity index (χ4n) is 1.10. The van der Waals surface area contributed by atoms with Gasteiger partial charge in [0.1, 0.15) is 0 Å². The molecule has 0 saturated heterocycles. The molecule has 0 bridgehead atoms. The highest BCUT2D eigenvalue weighted by Crippen LogP contribution is 2.20. The first-order valence-corrected chi connectivity index (χ1v) is 4.88. The molecule has 0 N–H and O–H groups in total. The molecule has 0 saturated carbocycles. The second kappa shape index (κ2) is 4.32. The van der Waals surface area contributed by atoms with Gasteiger partial charge in [0, 0.05) is 32.1 Å². The third-order valence-corrected chi connectivity index (χ3v) is 3.03. The summed E-state index contributed by atoms with van der Waals surface area (Å²) in [4.78, 5) is 11.0. The summed E-state index contributed by atoms with van der Waals surface area (Å²) in [5.74, 6) is 0.0726. The zero-order valence-corrected chi connectivity index (χ0v) is 9.47. The number of hydrogen-bond donors (Lipinski definition) is 0. The van der Waals surface area contributed by atoms with Crippen molar-refractivity contribution < 1.29 is 4.79 Å². The predicted octanol–water partition coefficient (Wildman–Crippen LogP) is 1.00. The molecule has 1 aliphatic heterocycles. The third kappa shape index (κ3) is 2.52. The molecule has 12 heavy (non-hydrogen) atoms. The van der Waals surface area contributed by atoms with E-state index in [-0.39, 0.29) is 5.91 Å². The van der Waals surface area contributed by atoms with Crippen LogP contribution >= 0.6 is 18.8 Å². The Hall–Kier alpha value is 0.0300. The average Bonchev–Trinajstić information content (AvgIpc) is 2.04. The summed E-state index contributed by atoms with van der Waals surface area (Å²) < 4.78 is 3.78. The first-order chi connectivity index (χ1) is 5.61. The number of rotatable bonds is 1. The number of nitrogens with zero attached hydrogens (tertiary/aromatic N) is 2. The number of carbonyl (C=O) groups is 1. The van der Waals surface area contributed by atoms with Gasteiger partial charge < -0.3 is 4.67 Å². The lowest BCUT2D eigenvalue weighted by molar-refractivity contribution is -0.122. The highest BCUT2D eigenvalue weighted by molar-refractivity contribution is 7.15. The lowest BCUT2D eigenvalue weighted by Crippen LogP contribution is -2.26. The molecule has 1 aliphatic rings. The van der Waals surface area contributed by atoms with Gasteiger partial charge in [-0.3, -0.25) is 9.46 Å². The molecular formula is C7H14N2OP2. The summed E-state index contributed by atoms with van der Waals surface area (Å²) >= 11 is 0. The molecule has 0 aromatic heterocycles. The molecule has 68 valence electrons. The zero-order chi connectivity index (χ0) is 9.14. The Balaban J connectivity index is 2.58. The third-order valence-electron chi connectivity index (χ3n) is 1.87.